The summed E-state index contributed by atoms with van der Waals surface area (Å²) in [6.07, 6.45) is 5.61. The number of ether oxygens (including phenoxy) is 2. The molecule has 21 heavy (non-hydrogen) atoms. The van der Waals surface area contributed by atoms with E-state index >= 15 is 0 Å². The van der Waals surface area contributed by atoms with Gasteiger partial charge in [-0.05, 0) is 44.0 Å². The first-order valence-electron chi connectivity index (χ1n) is 8.02. The van der Waals surface area contributed by atoms with Crippen molar-refractivity contribution in [2.75, 3.05) is 26.8 Å². The second kappa shape index (κ2) is 6.67. The summed E-state index contributed by atoms with van der Waals surface area (Å²) in [5, 5.41) is 10.4. The van der Waals surface area contributed by atoms with E-state index in [-0.39, 0.29) is 0 Å². The third-order valence-electron chi connectivity index (χ3n) is 4.65. The van der Waals surface area contributed by atoms with Gasteiger partial charge in [-0.3, -0.25) is 0 Å². The van der Waals surface area contributed by atoms with Crippen LogP contribution in [0.3, 0.4) is 0 Å². The molecular formula is C17H25NO3. The maximum atomic E-state index is 10.4. The minimum atomic E-state index is -0.440. The highest BCUT2D eigenvalue weighted by Gasteiger charge is 2.21. The zero-order valence-electron chi connectivity index (χ0n) is 12.8. The maximum absolute atomic E-state index is 10.4. The molecule has 1 atom stereocenters. The van der Waals surface area contributed by atoms with Crippen LogP contribution in [0.25, 0.3) is 0 Å². The Labute approximate surface area is 126 Å². The predicted octanol–water partition coefficient (Wildman–Crippen LogP) is 2.76. The molecule has 0 aromatic heterocycles. The molecule has 1 aliphatic carbocycles. The summed E-state index contributed by atoms with van der Waals surface area (Å²) in [7, 11) is 2.17. The first-order chi connectivity index (χ1) is 10.2. The molecule has 0 radical (unpaired) electrons. The van der Waals surface area contributed by atoms with Crippen LogP contribution in [0, 0.1) is 0 Å². The number of fused-ring (bicyclic) bond motifs is 1. The quantitative estimate of drug-likeness (QED) is 0.906. The molecule has 4 heteroatoms. The van der Waals surface area contributed by atoms with Gasteiger partial charge in [0.25, 0.3) is 0 Å². The Morgan fingerprint density at radius 3 is 2.67 bits per heavy atom. The van der Waals surface area contributed by atoms with Crippen molar-refractivity contribution in [2.45, 2.75) is 44.2 Å². The highest BCUT2D eigenvalue weighted by molar-refractivity contribution is 5.44. The summed E-state index contributed by atoms with van der Waals surface area (Å²) in [4.78, 5) is 2.40. The molecule has 0 unspecified atom stereocenters. The van der Waals surface area contributed by atoms with Gasteiger partial charge in [0, 0.05) is 12.6 Å². The van der Waals surface area contributed by atoms with Gasteiger partial charge in [0.05, 0.1) is 6.10 Å². The van der Waals surface area contributed by atoms with E-state index in [9.17, 15) is 5.11 Å². The highest BCUT2D eigenvalue weighted by Crippen LogP contribution is 2.33. The van der Waals surface area contributed by atoms with Crippen molar-refractivity contribution in [3.8, 4) is 11.5 Å². The molecule has 0 saturated heterocycles. The van der Waals surface area contributed by atoms with Crippen molar-refractivity contribution >= 4 is 0 Å². The topological polar surface area (TPSA) is 41.9 Å². The number of benzene rings is 1. The van der Waals surface area contributed by atoms with Crippen LogP contribution in [0.4, 0.5) is 0 Å². The van der Waals surface area contributed by atoms with E-state index in [4.69, 9.17) is 9.47 Å². The monoisotopic (exact) mass is 291 g/mol. The molecule has 1 aromatic rings. The normalized spacial score (nSPS) is 20.0. The largest absolute Gasteiger partial charge is 0.486 e. The number of nitrogens with zero attached hydrogens (tertiary/aromatic N) is 1. The lowest BCUT2D eigenvalue weighted by atomic mass is 10.0. The van der Waals surface area contributed by atoms with Gasteiger partial charge in [-0.2, -0.15) is 0 Å². The number of aliphatic hydroxyl groups is 1. The Morgan fingerprint density at radius 1 is 1.19 bits per heavy atom. The van der Waals surface area contributed by atoms with Gasteiger partial charge in [-0.25, -0.2) is 0 Å². The van der Waals surface area contributed by atoms with Gasteiger partial charge < -0.3 is 19.5 Å². The average molecular weight is 291 g/mol. The van der Waals surface area contributed by atoms with E-state index in [1.807, 2.05) is 18.2 Å². The smallest absolute Gasteiger partial charge is 0.161 e. The molecule has 1 heterocycles. The zero-order valence-corrected chi connectivity index (χ0v) is 12.8. The molecule has 1 saturated carbocycles. The molecule has 0 spiro atoms. The van der Waals surface area contributed by atoms with Gasteiger partial charge in [0.2, 0.25) is 0 Å². The van der Waals surface area contributed by atoms with Crippen LogP contribution in [0.5, 0.6) is 11.5 Å². The summed E-state index contributed by atoms with van der Waals surface area (Å²) >= 11 is 0. The number of hydrogen-bond acceptors (Lipinski definition) is 4. The van der Waals surface area contributed by atoms with Crippen LogP contribution in [0.1, 0.15) is 43.8 Å². The van der Waals surface area contributed by atoms with E-state index < -0.39 is 6.10 Å². The van der Waals surface area contributed by atoms with Crippen molar-refractivity contribution in [2.24, 2.45) is 0 Å². The molecule has 1 aliphatic heterocycles. The van der Waals surface area contributed by atoms with Gasteiger partial charge >= 0.3 is 0 Å². The minimum absolute atomic E-state index is 0.440. The highest BCUT2D eigenvalue weighted by atomic mass is 16.6. The third-order valence-corrected chi connectivity index (χ3v) is 4.65. The molecule has 2 aliphatic rings. The van der Waals surface area contributed by atoms with Crippen molar-refractivity contribution in [3.05, 3.63) is 23.8 Å². The first kappa shape index (κ1) is 14.7. The van der Waals surface area contributed by atoms with Gasteiger partial charge in [-0.15, -0.1) is 0 Å². The molecule has 1 fully saturated rings. The fourth-order valence-electron chi connectivity index (χ4n) is 3.29. The Kier molecular flexibility index (Phi) is 4.66. The molecule has 1 aromatic carbocycles. The maximum Gasteiger partial charge on any atom is 0.161 e. The lowest BCUT2D eigenvalue weighted by molar-refractivity contribution is 0.135. The third kappa shape index (κ3) is 3.50. The minimum Gasteiger partial charge on any atom is -0.486 e. The predicted molar refractivity (Wildman–Crippen MR) is 81.9 cm³/mol. The van der Waals surface area contributed by atoms with Crippen molar-refractivity contribution in [1.29, 1.82) is 0 Å². The molecule has 1 N–H and O–H groups in total. The summed E-state index contributed by atoms with van der Waals surface area (Å²) in [5.41, 5.74) is 0.916. The SMILES string of the molecule is CN(CC[C@@H](O)c1ccc2c(c1)OCCO2)C1CCCC1. The van der Waals surface area contributed by atoms with Crippen LogP contribution < -0.4 is 9.47 Å². The Morgan fingerprint density at radius 2 is 1.90 bits per heavy atom. The molecule has 0 amide bonds. The second-order valence-electron chi connectivity index (χ2n) is 6.13. The average Bonchev–Trinajstić information content (AvgIpc) is 3.06. The standard InChI is InChI=1S/C17H25NO3/c1-18(14-4-2-3-5-14)9-8-15(19)13-6-7-16-17(12-13)21-11-10-20-16/h6-7,12,14-15,19H,2-5,8-11H2,1H3/t15-/m1/s1. The van der Waals surface area contributed by atoms with Crippen LogP contribution in [-0.2, 0) is 0 Å². The van der Waals surface area contributed by atoms with Crippen molar-refractivity contribution in [3.63, 3.8) is 0 Å². The van der Waals surface area contributed by atoms with E-state index in [1.54, 1.807) is 0 Å². The molecule has 0 bridgehead atoms. The summed E-state index contributed by atoms with van der Waals surface area (Å²) in [6, 6.07) is 6.45. The number of hydrogen-bond donors (Lipinski definition) is 1. The fraction of sp³-hybridized carbons (Fsp3) is 0.647. The van der Waals surface area contributed by atoms with Gasteiger partial charge in [0.15, 0.2) is 11.5 Å². The second-order valence-corrected chi connectivity index (χ2v) is 6.13. The van der Waals surface area contributed by atoms with E-state index in [0.29, 0.717) is 19.3 Å². The van der Waals surface area contributed by atoms with E-state index in [1.165, 1.54) is 25.7 Å². The number of rotatable bonds is 5. The van der Waals surface area contributed by atoms with E-state index in [0.717, 1.165) is 30.0 Å². The van der Waals surface area contributed by atoms with E-state index in [2.05, 4.69) is 11.9 Å². The Hall–Kier alpha value is -1.26. The lowest BCUT2D eigenvalue weighted by Gasteiger charge is -2.25. The van der Waals surface area contributed by atoms with Crippen LogP contribution in [0.15, 0.2) is 18.2 Å². The van der Waals surface area contributed by atoms with Crippen molar-refractivity contribution in [1.82, 2.24) is 4.90 Å². The molecule has 4 nitrogen and oxygen atoms in total. The Balaban J connectivity index is 1.56. The summed E-state index contributed by atoms with van der Waals surface area (Å²) in [5.74, 6) is 1.53. The molecule has 116 valence electrons. The lowest BCUT2D eigenvalue weighted by Crippen LogP contribution is -2.30. The number of aliphatic hydroxyl groups excluding tert-OH is 1. The molecular weight excluding hydrogens is 266 g/mol. The summed E-state index contributed by atoms with van der Waals surface area (Å²) in [6.45, 7) is 2.11. The molecule has 3 rings (SSSR count). The van der Waals surface area contributed by atoms with Gasteiger partial charge in [-0.1, -0.05) is 18.9 Å². The fourth-order valence-corrected chi connectivity index (χ4v) is 3.29. The Bertz CT molecular complexity index is 471. The first-order valence-corrected chi connectivity index (χ1v) is 8.02. The van der Waals surface area contributed by atoms with Gasteiger partial charge in [0.1, 0.15) is 13.2 Å². The summed E-state index contributed by atoms with van der Waals surface area (Å²) < 4.78 is 11.1. The van der Waals surface area contributed by atoms with Crippen LogP contribution >= 0.6 is 0 Å². The van der Waals surface area contributed by atoms with Crippen LogP contribution in [0.2, 0.25) is 0 Å². The van der Waals surface area contributed by atoms with Crippen molar-refractivity contribution < 1.29 is 14.6 Å². The van der Waals surface area contributed by atoms with Crippen LogP contribution in [-0.4, -0.2) is 42.9 Å². The zero-order chi connectivity index (χ0) is 14.7.